The molecular weight excluding hydrogens is 350 g/mol. The molecule has 5 nitrogen and oxygen atoms in total. The molecule has 0 unspecified atom stereocenters. The van der Waals surface area contributed by atoms with Crippen molar-refractivity contribution >= 4 is 22.6 Å². The van der Waals surface area contributed by atoms with Crippen molar-refractivity contribution in [3.63, 3.8) is 0 Å². The third-order valence-corrected chi connectivity index (χ3v) is 4.14. The standard InChI is InChI=1S/C20H14F2N4O/c1-12-16-10-14(24-20(27)17-9-13(21)7-8-18(17)22)11-23-19(16)26(25-12)15-5-3-2-4-6-15/h2-11H,1H3,(H,24,27). The minimum atomic E-state index is -0.795. The van der Waals surface area contributed by atoms with E-state index in [1.165, 1.54) is 6.20 Å². The Hall–Kier alpha value is -3.61. The van der Waals surface area contributed by atoms with Gasteiger partial charge in [-0.3, -0.25) is 4.79 Å². The Kier molecular flexibility index (Phi) is 4.12. The minimum Gasteiger partial charge on any atom is -0.320 e. The molecule has 2 heterocycles. The van der Waals surface area contributed by atoms with Crippen molar-refractivity contribution in [3.8, 4) is 5.69 Å². The van der Waals surface area contributed by atoms with E-state index in [2.05, 4.69) is 15.4 Å². The maximum Gasteiger partial charge on any atom is 0.258 e. The van der Waals surface area contributed by atoms with Crippen molar-refractivity contribution in [2.45, 2.75) is 6.92 Å². The number of hydrogen-bond donors (Lipinski definition) is 1. The molecule has 0 aliphatic heterocycles. The van der Waals surface area contributed by atoms with E-state index in [1.54, 1.807) is 10.7 Å². The smallest absolute Gasteiger partial charge is 0.258 e. The molecule has 2 aromatic carbocycles. The number of aromatic nitrogens is 3. The van der Waals surface area contributed by atoms with Crippen molar-refractivity contribution in [1.82, 2.24) is 14.8 Å². The van der Waals surface area contributed by atoms with Crippen molar-refractivity contribution in [3.05, 3.63) is 83.7 Å². The van der Waals surface area contributed by atoms with Crippen LogP contribution in [0.4, 0.5) is 14.5 Å². The summed E-state index contributed by atoms with van der Waals surface area (Å²) in [6.07, 6.45) is 1.46. The molecule has 0 aliphatic carbocycles. The first-order valence-corrected chi connectivity index (χ1v) is 8.20. The average Bonchev–Trinajstić information content (AvgIpc) is 3.00. The Morgan fingerprint density at radius 3 is 2.63 bits per heavy atom. The van der Waals surface area contributed by atoms with Crippen LogP contribution in [0.3, 0.4) is 0 Å². The molecule has 0 bridgehead atoms. The van der Waals surface area contributed by atoms with Gasteiger partial charge in [0.25, 0.3) is 5.91 Å². The van der Waals surface area contributed by atoms with Gasteiger partial charge in [0.05, 0.1) is 28.8 Å². The van der Waals surface area contributed by atoms with Gasteiger partial charge in [-0.1, -0.05) is 18.2 Å². The molecule has 1 N–H and O–H groups in total. The van der Waals surface area contributed by atoms with Crippen LogP contribution in [-0.4, -0.2) is 20.7 Å². The fourth-order valence-corrected chi connectivity index (χ4v) is 2.83. The zero-order chi connectivity index (χ0) is 19.0. The van der Waals surface area contributed by atoms with Crippen LogP contribution in [0.2, 0.25) is 0 Å². The number of rotatable bonds is 3. The van der Waals surface area contributed by atoms with E-state index in [1.807, 2.05) is 37.3 Å². The Balaban J connectivity index is 1.69. The molecule has 0 saturated heterocycles. The van der Waals surface area contributed by atoms with Crippen LogP contribution < -0.4 is 5.32 Å². The van der Waals surface area contributed by atoms with Crippen molar-refractivity contribution < 1.29 is 13.6 Å². The molecular formula is C20H14F2N4O. The van der Waals surface area contributed by atoms with Gasteiger partial charge in [-0.05, 0) is 43.3 Å². The number of benzene rings is 2. The number of pyridine rings is 1. The number of nitrogens with zero attached hydrogens (tertiary/aromatic N) is 3. The summed E-state index contributed by atoms with van der Waals surface area (Å²) in [6, 6.07) is 14.0. The lowest BCUT2D eigenvalue weighted by molar-refractivity contribution is 0.102. The van der Waals surface area contributed by atoms with Crippen LogP contribution in [0, 0.1) is 18.6 Å². The minimum absolute atomic E-state index is 0.367. The third-order valence-electron chi connectivity index (χ3n) is 4.14. The summed E-state index contributed by atoms with van der Waals surface area (Å²) in [6.45, 7) is 1.83. The lowest BCUT2D eigenvalue weighted by Gasteiger charge is -2.07. The summed E-state index contributed by atoms with van der Waals surface area (Å²) >= 11 is 0. The first-order valence-electron chi connectivity index (χ1n) is 8.20. The molecule has 0 spiro atoms. The second-order valence-corrected chi connectivity index (χ2v) is 6.01. The highest BCUT2D eigenvalue weighted by atomic mass is 19.1. The average molecular weight is 364 g/mol. The topological polar surface area (TPSA) is 59.8 Å². The highest BCUT2D eigenvalue weighted by Crippen LogP contribution is 2.23. The van der Waals surface area contributed by atoms with E-state index in [0.717, 1.165) is 35.0 Å². The molecule has 0 radical (unpaired) electrons. The number of halogens is 2. The van der Waals surface area contributed by atoms with Gasteiger partial charge in [0, 0.05) is 5.39 Å². The van der Waals surface area contributed by atoms with Gasteiger partial charge >= 0.3 is 0 Å². The number of amides is 1. The molecule has 0 atom stereocenters. The predicted molar refractivity (Wildman–Crippen MR) is 97.9 cm³/mol. The first-order chi connectivity index (χ1) is 13.0. The normalized spacial score (nSPS) is 10.9. The van der Waals surface area contributed by atoms with Crippen molar-refractivity contribution in [2.75, 3.05) is 5.32 Å². The molecule has 0 aliphatic rings. The fourth-order valence-electron chi connectivity index (χ4n) is 2.83. The predicted octanol–water partition coefficient (Wildman–Crippen LogP) is 4.26. The summed E-state index contributed by atoms with van der Waals surface area (Å²) in [5.74, 6) is -2.23. The van der Waals surface area contributed by atoms with Crippen LogP contribution >= 0.6 is 0 Å². The van der Waals surface area contributed by atoms with Crippen LogP contribution in [0.5, 0.6) is 0 Å². The number of anilines is 1. The number of para-hydroxylation sites is 1. The van der Waals surface area contributed by atoms with Gasteiger partial charge in [0.2, 0.25) is 0 Å². The van der Waals surface area contributed by atoms with Crippen LogP contribution in [-0.2, 0) is 0 Å². The monoisotopic (exact) mass is 364 g/mol. The van der Waals surface area contributed by atoms with Gasteiger partial charge in [-0.15, -0.1) is 0 Å². The zero-order valence-electron chi connectivity index (χ0n) is 14.3. The van der Waals surface area contributed by atoms with E-state index in [-0.39, 0.29) is 5.56 Å². The summed E-state index contributed by atoms with van der Waals surface area (Å²) in [7, 11) is 0. The van der Waals surface area contributed by atoms with E-state index >= 15 is 0 Å². The van der Waals surface area contributed by atoms with Crippen LogP contribution in [0.25, 0.3) is 16.7 Å². The Morgan fingerprint density at radius 2 is 1.85 bits per heavy atom. The Morgan fingerprint density at radius 1 is 1.07 bits per heavy atom. The molecule has 134 valence electrons. The zero-order valence-corrected chi connectivity index (χ0v) is 14.3. The van der Waals surface area contributed by atoms with Gasteiger partial charge in [-0.2, -0.15) is 5.10 Å². The van der Waals surface area contributed by atoms with Crippen molar-refractivity contribution in [2.24, 2.45) is 0 Å². The maximum atomic E-state index is 13.8. The molecule has 4 aromatic rings. The van der Waals surface area contributed by atoms with Crippen molar-refractivity contribution in [1.29, 1.82) is 0 Å². The molecule has 4 rings (SSSR count). The molecule has 7 heteroatoms. The highest BCUT2D eigenvalue weighted by Gasteiger charge is 2.15. The third kappa shape index (κ3) is 3.15. The number of fused-ring (bicyclic) bond motifs is 1. The second kappa shape index (κ2) is 6.60. The SMILES string of the molecule is Cc1nn(-c2ccccc2)c2ncc(NC(=O)c3cc(F)ccc3F)cc12. The lowest BCUT2D eigenvalue weighted by Crippen LogP contribution is -2.14. The molecule has 1 amide bonds. The summed E-state index contributed by atoms with van der Waals surface area (Å²) in [5, 5.41) is 7.79. The Bertz CT molecular complexity index is 1160. The molecule has 27 heavy (non-hydrogen) atoms. The van der Waals surface area contributed by atoms with E-state index in [4.69, 9.17) is 0 Å². The highest BCUT2D eigenvalue weighted by molar-refractivity contribution is 6.05. The number of carbonyl (C=O) groups is 1. The largest absolute Gasteiger partial charge is 0.320 e. The van der Waals surface area contributed by atoms with Gasteiger partial charge in [-0.25, -0.2) is 18.4 Å². The van der Waals surface area contributed by atoms with Gasteiger partial charge < -0.3 is 5.32 Å². The Labute approximate surface area is 153 Å². The van der Waals surface area contributed by atoms with Crippen LogP contribution in [0.15, 0.2) is 60.8 Å². The molecule has 2 aromatic heterocycles. The number of carbonyl (C=O) groups excluding carboxylic acids is 1. The maximum absolute atomic E-state index is 13.8. The summed E-state index contributed by atoms with van der Waals surface area (Å²) in [4.78, 5) is 16.7. The molecule has 0 fully saturated rings. The number of nitrogens with one attached hydrogen (secondary N) is 1. The summed E-state index contributed by atoms with van der Waals surface area (Å²) in [5.41, 5.74) is 2.23. The van der Waals surface area contributed by atoms with Gasteiger partial charge in [0.15, 0.2) is 5.65 Å². The first kappa shape index (κ1) is 16.8. The van der Waals surface area contributed by atoms with E-state index in [0.29, 0.717) is 11.3 Å². The number of aryl methyl sites for hydroxylation is 1. The fraction of sp³-hybridized carbons (Fsp3) is 0.0500. The second-order valence-electron chi connectivity index (χ2n) is 6.01. The quantitative estimate of drug-likeness (QED) is 0.591. The van der Waals surface area contributed by atoms with Gasteiger partial charge in [0.1, 0.15) is 11.6 Å². The van der Waals surface area contributed by atoms with E-state index in [9.17, 15) is 13.6 Å². The van der Waals surface area contributed by atoms with Crippen LogP contribution in [0.1, 0.15) is 16.1 Å². The number of hydrogen-bond acceptors (Lipinski definition) is 3. The molecule has 0 saturated carbocycles. The van der Waals surface area contributed by atoms with E-state index < -0.39 is 17.5 Å². The summed E-state index contributed by atoms with van der Waals surface area (Å²) < 4.78 is 28.8. The lowest BCUT2D eigenvalue weighted by atomic mass is 10.2.